The van der Waals surface area contributed by atoms with Crippen molar-refractivity contribution >= 4 is 11.4 Å². The van der Waals surface area contributed by atoms with Gasteiger partial charge in [-0.25, -0.2) is 4.39 Å². The zero-order chi connectivity index (χ0) is 14.8. The van der Waals surface area contributed by atoms with E-state index < -0.39 is 5.82 Å². The molecule has 21 heavy (non-hydrogen) atoms. The first kappa shape index (κ1) is 14.4. The van der Waals surface area contributed by atoms with Crippen molar-refractivity contribution in [3.8, 4) is 5.75 Å². The molecule has 1 unspecified atom stereocenters. The summed E-state index contributed by atoms with van der Waals surface area (Å²) < 4.78 is 24.1. The number of hydrogen-bond acceptors (Lipinski definition) is 5. The van der Waals surface area contributed by atoms with E-state index in [2.05, 4.69) is 9.80 Å². The van der Waals surface area contributed by atoms with Gasteiger partial charge >= 0.3 is 0 Å². The van der Waals surface area contributed by atoms with Gasteiger partial charge in [-0.1, -0.05) is 0 Å². The molecule has 1 aromatic carbocycles. The van der Waals surface area contributed by atoms with Crippen LogP contribution in [0, 0.1) is 5.82 Å². The SMILES string of the molecule is COc1cc(N2CCC(N3CCOCC3)C2)c(N)cc1F. The molecule has 3 rings (SSSR count). The first-order valence-corrected chi connectivity index (χ1v) is 7.39. The number of methoxy groups -OCH3 is 1. The monoisotopic (exact) mass is 295 g/mol. The number of hydrogen-bond donors (Lipinski definition) is 1. The van der Waals surface area contributed by atoms with Crippen LogP contribution in [0.1, 0.15) is 6.42 Å². The lowest BCUT2D eigenvalue weighted by atomic mass is 10.2. The van der Waals surface area contributed by atoms with E-state index >= 15 is 0 Å². The van der Waals surface area contributed by atoms with Gasteiger partial charge < -0.3 is 20.1 Å². The van der Waals surface area contributed by atoms with Crippen molar-refractivity contribution in [3.05, 3.63) is 17.9 Å². The molecule has 2 aliphatic rings. The minimum absolute atomic E-state index is 0.244. The van der Waals surface area contributed by atoms with Gasteiger partial charge in [-0.2, -0.15) is 0 Å². The van der Waals surface area contributed by atoms with Crippen LogP contribution < -0.4 is 15.4 Å². The summed E-state index contributed by atoms with van der Waals surface area (Å²) in [5.74, 6) is -0.170. The number of nitrogens with two attached hydrogens (primary N) is 1. The van der Waals surface area contributed by atoms with Crippen molar-refractivity contribution in [1.29, 1.82) is 0 Å². The standard InChI is InChI=1S/C15H22FN3O2/c1-20-15-9-14(13(17)8-12(15)16)19-3-2-11(10-19)18-4-6-21-7-5-18/h8-9,11H,2-7,10,17H2,1H3. The number of nitrogens with zero attached hydrogens (tertiary/aromatic N) is 2. The highest BCUT2D eigenvalue weighted by molar-refractivity contribution is 5.70. The van der Waals surface area contributed by atoms with Crippen molar-refractivity contribution in [2.24, 2.45) is 0 Å². The molecular formula is C15H22FN3O2. The van der Waals surface area contributed by atoms with Crippen LogP contribution >= 0.6 is 0 Å². The predicted molar refractivity (Wildman–Crippen MR) is 80.4 cm³/mol. The Bertz CT molecular complexity index is 506. The molecule has 2 fully saturated rings. The zero-order valence-electron chi connectivity index (χ0n) is 12.3. The van der Waals surface area contributed by atoms with Crippen LogP contribution in [0.3, 0.4) is 0 Å². The summed E-state index contributed by atoms with van der Waals surface area (Å²) in [5, 5.41) is 0. The smallest absolute Gasteiger partial charge is 0.167 e. The Labute approximate surface area is 124 Å². The van der Waals surface area contributed by atoms with Crippen LogP contribution in [0.25, 0.3) is 0 Å². The summed E-state index contributed by atoms with van der Waals surface area (Å²) in [6.45, 7) is 5.44. The van der Waals surface area contributed by atoms with E-state index in [1.807, 2.05) is 0 Å². The average molecular weight is 295 g/mol. The third-order valence-electron chi connectivity index (χ3n) is 4.37. The van der Waals surface area contributed by atoms with Gasteiger partial charge in [0.05, 0.1) is 31.7 Å². The van der Waals surface area contributed by atoms with Gasteiger partial charge in [0.2, 0.25) is 0 Å². The molecule has 2 N–H and O–H groups in total. The fraction of sp³-hybridized carbons (Fsp3) is 0.600. The summed E-state index contributed by atoms with van der Waals surface area (Å²) in [4.78, 5) is 4.69. The number of nitrogen functional groups attached to an aromatic ring is 1. The highest BCUT2D eigenvalue weighted by Gasteiger charge is 2.30. The largest absolute Gasteiger partial charge is 0.494 e. The Morgan fingerprint density at radius 1 is 1.29 bits per heavy atom. The van der Waals surface area contributed by atoms with Crippen LogP contribution in [0.2, 0.25) is 0 Å². The van der Waals surface area contributed by atoms with Crippen molar-refractivity contribution < 1.29 is 13.9 Å². The summed E-state index contributed by atoms with van der Waals surface area (Å²) in [6.07, 6.45) is 1.10. The lowest BCUT2D eigenvalue weighted by Gasteiger charge is -2.32. The predicted octanol–water partition coefficient (Wildman–Crippen LogP) is 1.33. The number of benzene rings is 1. The zero-order valence-corrected chi connectivity index (χ0v) is 12.3. The van der Waals surface area contributed by atoms with E-state index in [0.717, 1.165) is 51.5 Å². The molecule has 0 saturated carbocycles. The highest BCUT2D eigenvalue weighted by Crippen LogP contribution is 2.33. The maximum atomic E-state index is 13.6. The molecule has 0 amide bonds. The van der Waals surface area contributed by atoms with Gasteiger partial charge in [-0.05, 0) is 6.42 Å². The molecule has 2 heterocycles. The van der Waals surface area contributed by atoms with Crippen LogP contribution in [-0.2, 0) is 4.74 Å². The number of ether oxygens (including phenoxy) is 2. The fourth-order valence-corrected chi connectivity index (χ4v) is 3.19. The van der Waals surface area contributed by atoms with Crippen LogP contribution in [0.15, 0.2) is 12.1 Å². The van der Waals surface area contributed by atoms with Gasteiger partial charge in [-0.3, -0.25) is 4.90 Å². The van der Waals surface area contributed by atoms with Crippen LogP contribution in [0.5, 0.6) is 5.75 Å². The molecule has 1 atom stereocenters. The summed E-state index contributed by atoms with van der Waals surface area (Å²) in [6, 6.07) is 3.56. The van der Waals surface area contributed by atoms with Gasteiger partial charge in [-0.15, -0.1) is 0 Å². The molecule has 0 aliphatic carbocycles. The molecule has 1 aromatic rings. The molecule has 0 radical (unpaired) electrons. The molecule has 0 aromatic heterocycles. The quantitative estimate of drug-likeness (QED) is 0.853. The molecule has 2 aliphatic heterocycles. The third-order valence-corrected chi connectivity index (χ3v) is 4.37. The summed E-state index contributed by atoms with van der Waals surface area (Å²) in [5.41, 5.74) is 7.31. The molecule has 116 valence electrons. The van der Waals surface area contributed by atoms with Gasteiger partial charge in [0.25, 0.3) is 0 Å². The van der Waals surface area contributed by atoms with Crippen LogP contribution in [0.4, 0.5) is 15.8 Å². The highest BCUT2D eigenvalue weighted by atomic mass is 19.1. The van der Waals surface area contributed by atoms with E-state index in [0.29, 0.717) is 11.7 Å². The summed E-state index contributed by atoms with van der Waals surface area (Å²) >= 11 is 0. The maximum Gasteiger partial charge on any atom is 0.167 e. The van der Waals surface area contributed by atoms with Gasteiger partial charge in [0, 0.05) is 44.4 Å². The normalized spacial score (nSPS) is 23.5. The minimum Gasteiger partial charge on any atom is -0.494 e. The second-order valence-electron chi connectivity index (χ2n) is 5.58. The van der Waals surface area contributed by atoms with E-state index in [-0.39, 0.29) is 5.75 Å². The second kappa shape index (κ2) is 6.07. The van der Waals surface area contributed by atoms with Crippen molar-refractivity contribution in [1.82, 2.24) is 4.90 Å². The number of morpholine rings is 1. The van der Waals surface area contributed by atoms with E-state index in [9.17, 15) is 4.39 Å². The first-order valence-electron chi connectivity index (χ1n) is 7.39. The average Bonchev–Trinajstić information content (AvgIpc) is 2.98. The molecular weight excluding hydrogens is 273 g/mol. The Kier molecular flexibility index (Phi) is 4.17. The Morgan fingerprint density at radius 2 is 2.05 bits per heavy atom. The maximum absolute atomic E-state index is 13.6. The van der Waals surface area contributed by atoms with Crippen LogP contribution in [-0.4, -0.2) is 57.4 Å². The second-order valence-corrected chi connectivity index (χ2v) is 5.58. The van der Waals surface area contributed by atoms with Crippen molar-refractivity contribution in [2.45, 2.75) is 12.5 Å². The topological polar surface area (TPSA) is 51.0 Å². The van der Waals surface area contributed by atoms with Crippen molar-refractivity contribution in [2.75, 3.05) is 57.1 Å². The van der Waals surface area contributed by atoms with Gasteiger partial charge in [0.15, 0.2) is 11.6 Å². The number of halogens is 1. The molecule has 0 spiro atoms. The van der Waals surface area contributed by atoms with E-state index in [1.54, 1.807) is 6.07 Å². The Balaban J connectivity index is 1.73. The number of anilines is 2. The minimum atomic E-state index is -0.414. The molecule has 2 saturated heterocycles. The number of rotatable bonds is 3. The Hall–Kier alpha value is -1.53. The molecule has 6 heteroatoms. The molecule has 5 nitrogen and oxygen atoms in total. The van der Waals surface area contributed by atoms with Gasteiger partial charge in [0.1, 0.15) is 0 Å². The third kappa shape index (κ3) is 2.91. The summed E-state index contributed by atoms with van der Waals surface area (Å²) in [7, 11) is 1.47. The molecule has 0 bridgehead atoms. The Morgan fingerprint density at radius 3 is 2.76 bits per heavy atom. The fourth-order valence-electron chi connectivity index (χ4n) is 3.19. The lowest BCUT2D eigenvalue weighted by molar-refractivity contribution is 0.0209. The van der Waals surface area contributed by atoms with E-state index in [4.69, 9.17) is 15.2 Å². The first-order chi connectivity index (χ1) is 10.2. The van der Waals surface area contributed by atoms with Crippen molar-refractivity contribution in [3.63, 3.8) is 0 Å². The lowest BCUT2D eigenvalue weighted by Crippen LogP contribution is -2.44. The van der Waals surface area contributed by atoms with E-state index in [1.165, 1.54) is 13.2 Å².